The number of aliphatic hydroxyl groups is 2. The maximum Gasteiger partial charge on any atom is 0.309 e. The van der Waals surface area contributed by atoms with Crippen LogP contribution in [0.5, 0.6) is 0 Å². The maximum atomic E-state index is 11.8. The summed E-state index contributed by atoms with van der Waals surface area (Å²) in [5.41, 5.74) is 0.137. The van der Waals surface area contributed by atoms with Crippen LogP contribution in [-0.2, 0) is 14.3 Å². The number of fused-ring (bicyclic) bond motifs is 2. The molecule has 5 heteroatoms. The minimum Gasteiger partial charge on any atom is -0.458 e. The van der Waals surface area contributed by atoms with Crippen LogP contribution >= 0.6 is 0 Å². The first-order chi connectivity index (χ1) is 9.33. The Bertz CT molecular complexity index is 459. The van der Waals surface area contributed by atoms with Crippen LogP contribution in [0.4, 0.5) is 0 Å². The lowest BCUT2D eigenvalue weighted by molar-refractivity contribution is -0.142. The molecule has 2 saturated heterocycles. The Morgan fingerprint density at radius 3 is 2.75 bits per heavy atom. The Labute approximate surface area is 118 Å². The zero-order chi connectivity index (χ0) is 14.7. The molecule has 2 N–H and O–H groups in total. The highest BCUT2D eigenvalue weighted by atomic mass is 16.6. The Kier molecular flexibility index (Phi) is 3.19. The quantitative estimate of drug-likeness (QED) is 0.390. The van der Waals surface area contributed by atoms with Gasteiger partial charge in [-0.15, -0.1) is 0 Å². The summed E-state index contributed by atoms with van der Waals surface area (Å²) in [6.07, 6.45) is 0.975. The summed E-state index contributed by atoms with van der Waals surface area (Å²) >= 11 is 0. The average molecular weight is 282 g/mol. The van der Waals surface area contributed by atoms with E-state index in [0.717, 1.165) is 5.57 Å². The van der Waals surface area contributed by atoms with Gasteiger partial charge in [0.1, 0.15) is 11.7 Å². The Balaban J connectivity index is 1.92. The van der Waals surface area contributed by atoms with Gasteiger partial charge in [0.25, 0.3) is 0 Å². The van der Waals surface area contributed by atoms with Crippen LogP contribution < -0.4 is 0 Å². The molecular weight excluding hydrogens is 260 g/mol. The Morgan fingerprint density at radius 2 is 2.05 bits per heavy atom. The fourth-order valence-corrected chi connectivity index (χ4v) is 3.38. The van der Waals surface area contributed by atoms with Crippen LogP contribution in [-0.4, -0.2) is 46.2 Å². The standard InChI is InChI=1S/C15H22O5/c1-7-4-11-9(8(2)14(18)19-11)5-13-15(3,20-13)12(17)6-10(7)16/h4,8-13,16-17H,5-6H2,1-3H3/b7-4-/t8-,9-,10-,11+,12-,13-,15+/m0/s1. The summed E-state index contributed by atoms with van der Waals surface area (Å²) in [6.45, 7) is 5.54. The number of carbonyl (C=O) groups is 1. The molecule has 0 spiro atoms. The van der Waals surface area contributed by atoms with E-state index in [0.29, 0.717) is 6.42 Å². The van der Waals surface area contributed by atoms with Gasteiger partial charge in [-0.25, -0.2) is 0 Å². The van der Waals surface area contributed by atoms with Crippen molar-refractivity contribution in [3.8, 4) is 0 Å². The van der Waals surface area contributed by atoms with Crippen molar-refractivity contribution in [2.75, 3.05) is 0 Å². The number of hydrogen-bond acceptors (Lipinski definition) is 5. The van der Waals surface area contributed by atoms with Gasteiger partial charge in [-0.3, -0.25) is 4.79 Å². The number of carbonyl (C=O) groups excluding carboxylic acids is 1. The van der Waals surface area contributed by atoms with Crippen molar-refractivity contribution in [2.45, 2.75) is 63.6 Å². The van der Waals surface area contributed by atoms with Crippen molar-refractivity contribution in [1.82, 2.24) is 0 Å². The molecule has 0 aromatic heterocycles. The summed E-state index contributed by atoms with van der Waals surface area (Å²) in [7, 11) is 0. The fraction of sp³-hybridized carbons (Fsp3) is 0.800. The molecule has 112 valence electrons. The molecule has 3 rings (SSSR count). The first-order valence-electron chi connectivity index (χ1n) is 7.25. The van der Waals surface area contributed by atoms with Gasteiger partial charge < -0.3 is 19.7 Å². The summed E-state index contributed by atoms with van der Waals surface area (Å²) < 4.78 is 11.1. The van der Waals surface area contributed by atoms with E-state index in [2.05, 4.69) is 0 Å². The van der Waals surface area contributed by atoms with Gasteiger partial charge in [0.05, 0.1) is 24.2 Å². The second-order valence-corrected chi connectivity index (χ2v) is 6.56. The highest BCUT2D eigenvalue weighted by Crippen LogP contribution is 2.48. The zero-order valence-corrected chi connectivity index (χ0v) is 12.1. The predicted molar refractivity (Wildman–Crippen MR) is 70.8 cm³/mol. The molecule has 0 aromatic carbocycles. The third-order valence-electron chi connectivity index (χ3n) is 5.21. The minimum absolute atomic E-state index is 0.0433. The molecule has 1 aliphatic carbocycles. The number of ether oxygens (including phenoxy) is 2. The highest BCUT2D eigenvalue weighted by Gasteiger charge is 2.60. The number of hydrogen-bond donors (Lipinski definition) is 2. The topological polar surface area (TPSA) is 79.3 Å². The molecule has 20 heavy (non-hydrogen) atoms. The van der Waals surface area contributed by atoms with Crippen molar-refractivity contribution < 1.29 is 24.5 Å². The lowest BCUT2D eigenvalue weighted by Gasteiger charge is -2.24. The van der Waals surface area contributed by atoms with Crippen molar-refractivity contribution in [1.29, 1.82) is 0 Å². The van der Waals surface area contributed by atoms with E-state index in [4.69, 9.17) is 9.47 Å². The molecule has 0 amide bonds. The second kappa shape index (κ2) is 4.55. The molecule has 0 bridgehead atoms. The van der Waals surface area contributed by atoms with Gasteiger partial charge in [0, 0.05) is 12.3 Å². The largest absolute Gasteiger partial charge is 0.458 e. The van der Waals surface area contributed by atoms with Crippen LogP contribution in [0, 0.1) is 11.8 Å². The Morgan fingerprint density at radius 1 is 1.35 bits per heavy atom. The number of epoxide rings is 1. The van der Waals surface area contributed by atoms with Gasteiger partial charge in [-0.1, -0.05) is 6.92 Å². The summed E-state index contributed by atoms with van der Waals surface area (Å²) in [4.78, 5) is 11.8. The molecule has 2 aliphatic heterocycles. The normalized spacial score (nSPS) is 54.2. The van der Waals surface area contributed by atoms with Crippen LogP contribution in [0.1, 0.15) is 33.6 Å². The molecule has 7 atom stereocenters. The SMILES string of the molecule is C/C1=C/[C@H]2OC(=O)[C@@H](C)[C@@H]2C[C@@H]2O[C@]2(C)[C@@H](O)C[C@@H]1O. The third-order valence-corrected chi connectivity index (χ3v) is 5.21. The molecule has 0 unspecified atom stereocenters. The van der Waals surface area contributed by atoms with Gasteiger partial charge in [0.15, 0.2) is 0 Å². The van der Waals surface area contributed by atoms with E-state index in [-0.39, 0.29) is 36.4 Å². The van der Waals surface area contributed by atoms with Crippen LogP contribution in [0.2, 0.25) is 0 Å². The highest BCUT2D eigenvalue weighted by molar-refractivity contribution is 5.75. The molecule has 0 radical (unpaired) electrons. The zero-order valence-electron chi connectivity index (χ0n) is 12.1. The molecule has 0 saturated carbocycles. The molecule has 2 fully saturated rings. The average Bonchev–Trinajstić information content (AvgIpc) is 2.97. The van der Waals surface area contributed by atoms with Gasteiger partial charge in [-0.05, 0) is 31.9 Å². The summed E-state index contributed by atoms with van der Waals surface area (Å²) in [6, 6.07) is 0. The van der Waals surface area contributed by atoms with Crippen LogP contribution in [0.3, 0.4) is 0 Å². The lowest BCUT2D eigenvalue weighted by Crippen LogP contribution is -2.35. The van der Waals surface area contributed by atoms with Crippen LogP contribution in [0.15, 0.2) is 11.6 Å². The van der Waals surface area contributed by atoms with E-state index in [9.17, 15) is 15.0 Å². The molecule has 5 nitrogen and oxygen atoms in total. The third kappa shape index (κ3) is 2.08. The lowest BCUT2D eigenvalue weighted by atomic mass is 9.81. The summed E-state index contributed by atoms with van der Waals surface area (Å²) in [5, 5.41) is 20.4. The molecule has 0 aromatic rings. The monoisotopic (exact) mass is 282 g/mol. The fourth-order valence-electron chi connectivity index (χ4n) is 3.38. The van der Waals surface area contributed by atoms with Crippen molar-refractivity contribution >= 4 is 5.97 Å². The molecular formula is C15H22O5. The van der Waals surface area contributed by atoms with E-state index < -0.39 is 17.8 Å². The number of aliphatic hydroxyl groups excluding tert-OH is 2. The molecule has 3 aliphatic rings. The van der Waals surface area contributed by atoms with Gasteiger partial charge in [0.2, 0.25) is 0 Å². The number of esters is 1. The van der Waals surface area contributed by atoms with Crippen LogP contribution in [0.25, 0.3) is 0 Å². The van der Waals surface area contributed by atoms with Gasteiger partial charge >= 0.3 is 5.97 Å². The van der Waals surface area contributed by atoms with E-state index in [1.54, 1.807) is 6.92 Å². The maximum absolute atomic E-state index is 11.8. The summed E-state index contributed by atoms with van der Waals surface area (Å²) in [5.74, 6) is -0.325. The Hall–Kier alpha value is -0.910. The molecule has 2 heterocycles. The van der Waals surface area contributed by atoms with E-state index in [1.807, 2.05) is 19.9 Å². The van der Waals surface area contributed by atoms with Crippen molar-refractivity contribution in [2.24, 2.45) is 11.8 Å². The van der Waals surface area contributed by atoms with E-state index in [1.165, 1.54) is 0 Å². The first kappa shape index (κ1) is 14.0. The number of rotatable bonds is 0. The smallest absolute Gasteiger partial charge is 0.309 e. The van der Waals surface area contributed by atoms with E-state index >= 15 is 0 Å². The predicted octanol–water partition coefficient (Wildman–Crippen LogP) is 0.783. The van der Waals surface area contributed by atoms with Gasteiger partial charge in [-0.2, -0.15) is 0 Å². The van der Waals surface area contributed by atoms with Crippen molar-refractivity contribution in [3.05, 3.63) is 11.6 Å². The second-order valence-electron chi connectivity index (χ2n) is 6.56. The minimum atomic E-state index is -0.736. The first-order valence-corrected chi connectivity index (χ1v) is 7.25. The van der Waals surface area contributed by atoms with Crippen molar-refractivity contribution in [3.63, 3.8) is 0 Å².